The number of nitrogens with two attached hydrogens (primary N) is 1. The minimum Gasteiger partial charge on any atom is -0.465 e. The van der Waals surface area contributed by atoms with Gasteiger partial charge in [-0.1, -0.05) is 103 Å². The van der Waals surface area contributed by atoms with Gasteiger partial charge in [0.25, 0.3) is 10.1 Å². The number of unbranched alkanes of at least 4 members (excludes halogenated alkanes) is 10. The lowest BCUT2D eigenvalue weighted by Crippen LogP contribution is -2.33. The van der Waals surface area contributed by atoms with Crippen LogP contribution in [0.25, 0.3) is 0 Å². The molecule has 0 amide bonds. The van der Waals surface area contributed by atoms with Crippen LogP contribution in [0.3, 0.4) is 0 Å². The Labute approximate surface area is 208 Å². The number of esters is 1. The van der Waals surface area contributed by atoms with E-state index in [2.05, 4.69) is 20.8 Å². The molecular weight excluding hydrogens is 452 g/mol. The standard InChI is InChI=1S/C19H39NO2.C7H8O3S.H3N/c1-4-5-6-7-8-9-10-11-12-13-14-15-22-19(21)18(20)16-17(2)3;1-6-2-4-7(5-3-6)11(8,9)10;/h17-18H,4-16,20H2,1-3H3;2-5H,1H3,(H,8,9,10);1H3/t18-;;/m0../s1. The first kappa shape index (κ1) is 34.7. The third-order valence-electron chi connectivity index (χ3n) is 5.34. The van der Waals surface area contributed by atoms with Gasteiger partial charge in [0.15, 0.2) is 0 Å². The van der Waals surface area contributed by atoms with Crippen LogP contribution in [0.15, 0.2) is 29.2 Å². The number of ether oxygens (including phenoxy) is 1. The summed E-state index contributed by atoms with van der Waals surface area (Å²) in [6.07, 6.45) is 15.0. The number of aryl methyl sites for hydroxylation is 1. The quantitative estimate of drug-likeness (QED) is 0.131. The Bertz CT molecular complexity index is 721. The molecule has 0 unspecified atom stereocenters. The fourth-order valence-electron chi connectivity index (χ4n) is 3.36. The van der Waals surface area contributed by atoms with E-state index < -0.39 is 16.2 Å². The number of hydrogen-bond acceptors (Lipinski definition) is 6. The van der Waals surface area contributed by atoms with E-state index in [1.807, 2.05) is 6.92 Å². The van der Waals surface area contributed by atoms with Gasteiger partial charge in [0.2, 0.25) is 0 Å². The number of hydrogen-bond donors (Lipinski definition) is 3. The van der Waals surface area contributed by atoms with Gasteiger partial charge in [-0.15, -0.1) is 0 Å². The largest absolute Gasteiger partial charge is 0.465 e. The molecule has 7 nitrogen and oxygen atoms in total. The highest BCUT2D eigenvalue weighted by Crippen LogP contribution is 2.12. The second kappa shape index (κ2) is 20.9. The third-order valence-corrected chi connectivity index (χ3v) is 6.21. The average Bonchev–Trinajstić information content (AvgIpc) is 2.74. The maximum absolute atomic E-state index is 11.6. The maximum Gasteiger partial charge on any atom is 0.322 e. The van der Waals surface area contributed by atoms with E-state index in [1.54, 1.807) is 12.1 Å². The number of benzene rings is 1. The van der Waals surface area contributed by atoms with E-state index in [0.717, 1.165) is 18.4 Å². The molecule has 0 aromatic heterocycles. The Balaban J connectivity index is 0. The maximum atomic E-state index is 11.6. The van der Waals surface area contributed by atoms with Gasteiger partial charge < -0.3 is 16.6 Å². The molecule has 0 aliphatic carbocycles. The fourth-order valence-corrected chi connectivity index (χ4v) is 3.84. The summed E-state index contributed by atoms with van der Waals surface area (Å²) in [6.45, 7) is 8.76. The van der Waals surface area contributed by atoms with Gasteiger partial charge in [-0.05, 0) is 37.8 Å². The average molecular weight is 503 g/mol. The van der Waals surface area contributed by atoms with Crippen molar-refractivity contribution >= 4 is 16.1 Å². The molecule has 6 N–H and O–H groups in total. The van der Waals surface area contributed by atoms with Crippen molar-refractivity contribution < 1.29 is 22.5 Å². The predicted molar refractivity (Wildman–Crippen MR) is 141 cm³/mol. The molecule has 0 heterocycles. The van der Waals surface area contributed by atoms with Crippen molar-refractivity contribution in [1.29, 1.82) is 0 Å². The summed E-state index contributed by atoms with van der Waals surface area (Å²) in [5.74, 6) is 0.199. The zero-order valence-electron chi connectivity index (χ0n) is 21.9. The van der Waals surface area contributed by atoms with Gasteiger partial charge in [0, 0.05) is 0 Å². The highest BCUT2D eigenvalue weighted by atomic mass is 32.2. The Morgan fingerprint density at radius 2 is 1.35 bits per heavy atom. The van der Waals surface area contributed by atoms with E-state index in [4.69, 9.17) is 15.0 Å². The van der Waals surface area contributed by atoms with Crippen LogP contribution in [0.2, 0.25) is 0 Å². The van der Waals surface area contributed by atoms with E-state index in [0.29, 0.717) is 18.9 Å². The number of carbonyl (C=O) groups is 1. The van der Waals surface area contributed by atoms with Crippen molar-refractivity contribution in [3.8, 4) is 0 Å². The first-order valence-corrected chi connectivity index (χ1v) is 14.0. The van der Waals surface area contributed by atoms with Crippen LogP contribution in [-0.4, -0.2) is 31.6 Å². The molecule has 0 aliphatic heterocycles. The lowest BCUT2D eigenvalue weighted by molar-refractivity contribution is -0.145. The zero-order valence-corrected chi connectivity index (χ0v) is 22.7. The molecule has 1 rings (SSSR count). The van der Waals surface area contributed by atoms with Crippen LogP contribution in [0.5, 0.6) is 0 Å². The van der Waals surface area contributed by atoms with Crippen LogP contribution in [0.1, 0.15) is 103 Å². The van der Waals surface area contributed by atoms with Crippen molar-refractivity contribution in [3.05, 3.63) is 29.8 Å². The summed E-state index contributed by atoms with van der Waals surface area (Å²) >= 11 is 0. The second-order valence-corrected chi connectivity index (χ2v) is 10.6. The third kappa shape index (κ3) is 19.9. The number of carbonyl (C=O) groups excluding carboxylic acids is 1. The smallest absolute Gasteiger partial charge is 0.322 e. The fraction of sp³-hybridized carbons (Fsp3) is 0.731. The highest BCUT2D eigenvalue weighted by molar-refractivity contribution is 7.85. The molecule has 1 atom stereocenters. The molecule has 0 saturated heterocycles. The van der Waals surface area contributed by atoms with Crippen molar-refractivity contribution in [1.82, 2.24) is 6.15 Å². The van der Waals surface area contributed by atoms with E-state index in [9.17, 15) is 13.2 Å². The summed E-state index contributed by atoms with van der Waals surface area (Å²) in [4.78, 5) is 11.5. The van der Waals surface area contributed by atoms with Gasteiger partial charge in [0.1, 0.15) is 6.04 Å². The Morgan fingerprint density at radius 1 is 0.912 bits per heavy atom. The summed E-state index contributed by atoms with van der Waals surface area (Å²) in [5, 5.41) is 0. The van der Waals surface area contributed by atoms with Crippen LogP contribution >= 0.6 is 0 Å². The van der Waals surface area contributed by atoms with Crippen LogP contribution in [0, 0.1) is 12.8 Å². The lowest BCUT2D eigenvalue weighted by atomic mass is 10.0. The topological polar surface area (TPSA) is 142 Å². The Kier molecular flexibility index (Phi) is 21.3. The summed E-state index contributed by atoms with van der Waals surface area (Å²) in [5.41, 5.74) is 6.74. The molecule has 0 spiro atoms. The van der Waals surface area contributed by atoms with Gasteiger partial charge in [-0.25, -0.2) is 0 Å². The van der Waals surface area contributed by atoms with E-state index in [-0.39, 0.29) is 17.0 Å². The van der Waals surface area contributed by atoms with Crippen molar-refractivity contribution in [3.63, 3.8) is 0 Å². The van der Waals surface area contributed by atoms with Gasteiger partial charge in [-0.2, -0.15) is 8.42 Å². The molecular formula is C26H50N2O5S. The molecule has 0 aliphatic rings. The lowest BCUT2D eigenvalue weighted by Gasteiger charge is -2.13. The molecule has 0 saturated carbocycles. The van der Waals surface area contributed by atoms with Crippen LogP contribution in [0.4, 0.5) is 0 Å². The molecule has 0 fully saturated rings. The summed E-state index contributed by atoms with van der Waals surface area (Å²) in [6, 6.07) is 5.54. The summed E-state index contributed by atoms with van der Waals surface area (Å²) in [7, 11) is -4.02. The molecule has 34 heavy (non-hydrogen) atoms. The van der Waals surface area contributed by atoms with E-state index in [1.165, 1.54) is 69.9 Å². The van der Waals surface area contributed by atoms with Crippen molar-refractivity contribution in [2.45, 2.75) is 116 Å². The SMILES string of the molecule is CCCCCCCCCCCCCOC(=O)[C@@H](N)CC(C)C.Cc1ccc(S(=O)(=O)O)cc1.N. The van der Waals surface area contributed by atoms with E-state index >= 15 is 0 Å². The van der Waals surface area contributed by atoms with Crippen molar-refractivity contribution in [2.24, 2.45) is 11.7 Å². The molecule has 1 aromatic carbocycles. The minimum absolute atomic E-state index is 0. The minimum atomic E-state index is -4.02. The predicted octanol–water partition coefficient (Wildman–Crippen LogP) is 6.62. The van der Waals surface area contributed by atoms with Gasteiger partial charge in [-0.3, -0.25) is 9.35 Å². The monoisotopic (exact) mass is 502 g/mol. The summed E-state index contributed by atoms with van der Waals surface area (Å²) < 4.78 is 34.8. The highest BCUT2D eigenvalue weighted by Gasteiger charge is 2.15. The van der Waals surface area contributed by atoms with Crippen LogP contribution in [-0.2, 0) is 19.6 Å². The Hall–Kier alpha value is -1.48. The van der Waals surface area contributed by atoms with Gasteiger partial charge >= 0.3 is 5.97 Å². The molecule has 0 radical (unpaired) electrons. The first-order chi connectivity index (χ1) is 15.6. The van der Waals surface area contributed by atoms with Crippen molar-refractivity contribution in [2.75, 3.05) is 6.61 Å². The first-order valence-electron chi connectivity index (χ1n) is 12.5. The van der Waals surface area contributed by atoms with Crippen LogP contribution < -0.4 is 11.9 Å². The molecule has 0 bridgehead atoms. The molecule has 1 aromatic rings. The zero-order chi connectivity index (χ0) is 25.1. The normalized spacial score (nSPS) is 11.9. The second-order valence-electron chi connectivity index (χ2n) is 9.23. The molecule has 200 valence electrons. The molecule has 8 heteroatoms. The number of rotatable bonds is 16. The Morgan fingerprint density at radius 3 is 1.76 bits per heavy atom. The van der Waals surface area contributed by atoms with Gasteiger partial charge in [0.05, 0.1) is 11.5 Å².